The summed E-state index contributed by atoms with van der Waals surface area (Å²) in [5, 5.41) is 10.6. The van der Waals surface area contributed by atoms with Crippen LogP contribution >= 0.6 is 0 Å². The average Bonchev–Trinajstić information content (AvgIpc) is 2.99. The maximum absolute atomic E-state index is 4.38. The largest absolute Gasteiger partial charge is 0.307 e. The van der Waals surface area contributed by atoms with Gasteiger partial charge in [-0.25, -0.2) is 0 Å². The molecule has 0 radical (unpaired) electrons. The van der Waals surface area contributed by atoms with E-state index in [-0.39, 0.29) is 0 Å². The van der Waals surface area contributed by atoms with Crippen molar-refractivity contribution in [3.8, 4) is 11.3 Å². The fourth-order valence-electron chi connectivity index (χ4n) is 2.22. The molecule has 0 saturated heterocycles. The molecule has 0 bridgehead atoms. The lowest BCUT2D eigenvalue weighted by Gasteiger charge is -2.07. The summed E-state index contributed by atoms with van der Waals surface area (Å²) in [6.45, 7) is 3.55. The van der Waals surface area contributed by atoms with E-state index in [0.29, 0.717) is 0 Å². The number of aromatic amines is 1. The number of nitrogens with one attached hydrogen (secondary N) is 2. The second-order valence-electron chi connectivity index (χ2n) is 4.88. The lowest BCUT2D eigenvalue weighted by atomic mass is 10.1. The van der Waals surface area contributed by atoms with Crippen LogP contribution < -0.4 is 5.32 Å². The zero-order valence-corrected chi connectivity index (χ0v) is 11.9. The minimum Gasteiger partial charge on any atom is -0.307 e. The van der Waals surface area contributed by atoms with Gasteiger partial charge in [-0.1, -0.05) is 6.07 Å². The Morgan fingerprint density at radius 1 is 1.10 bits per heavy atom. The van der Waals surface area contributed by atoms with E-state index in [1.165, 1.54) is 5.56 Å². The van der Waals surface area contributed by atoms with Crippen molar-refractivity contribution in [3.63, 3.8) is 0 Å². The van der Waals surface area contributed by atoms with Gasteiger partial charge in [-0.15, -0.1) is 0 Å². The van der Waals surface area contributed by atoms with E-state index < -0.39 is 0 Å². The molecule has 0 amide bonds. The second kappa shape index (κ2) is 6.28. The van der Waals surface area contributed by atoms with Crippen LogP contribution in [0.2, 0.25) is 0 Å². The molecule has 0 aliphatic heterocycles. The Hall–Kier alpha value is -2.53. The highest BCUT2D eigenvalue weighted by molar-refractivity contribution is 5.61. The van der Waals surface area contributed by atoms with Crippen molar-refractivity contribution in [2.75, 3.05) is 0 Å². The van der Waals surface area contributed by atoms with E-state index in [0.717, 1.165) is 35.6 Å². The summed E-state index contributed by atoms with van der Waals surface area (Å²) in [6.07, 6.45) is 7.27. The third-order valence-electron chi connectivity index (χ3n) is 3.39. The van der Waals surface area contributed by atoms with Gasteiger partial charge in [-0.3, -0.25) is 15.1 Å². The molecule has 3 aromatic heterocycles. The van der Waals surface area contributed by atoms with E-state index in [2.05, 4.69) is 38.5 Å². The van der Waals surface area contributed by atoms with Crippen LogP contribution in [0, 0.1) is 6.92 Å². The molecule has 106 valence electrons. The minimum absolute atomic E-state index is 0.733. The summed E-state index contributed by atoms with van der Waals surface area (Å²) in [4.78, 5) is 8.52. The zero-order chi connectivity index (χ0) is 14.5. The van der Waals surface area contributed by atoms with Crippen LogP contribution in [0.1, 0.15) is 16.8 Å². The molecule has 0 fully saturated rings. The zero-order valence-electron chi connectivity index (χ0n) is 11.9. The third kappa shape index (κ3) is 3.14. The van der Waals surface area contributed by atoms with Crippen molar-refractivity contribution >= 4 is 0 Å². The molecule has 21 heavy (non-hydrogen) atoms. The smallest absolute Gasteiger partial charge is 0.0710 e. The molecule has 3 heterocycles. The summed E-state index contributed by atoms with van der Waals surface area (Å²) in [7, 11) is 0. The first-order valence-corrected chi connectivity index (χ1v) is 6.88. The summed E-state index contributed by atoms with van der Waals surface area (Å²) in [6, 6.07) is 7.97. The Bertz CT molecular complexity index is 705. The predicted octanol–water partition coefficient (Wildman–Crippen LogP) is 2.46. The van der Waals surface area contributed by atoms with Crippen LogP contribution in [0.25, 0.3) is 11.3 Å². The number of hydrogen-bond donors (Lipinski definition) is 2. The number of H-pyrrole nitrogens is 1. The maximum Gasteiger partial charge on any atom is 0.0710 e. The first kappa shape index (κ1) is 13.5. The van der Waals surface area contributed by atoms with Crippen LogP contribution in [0.15, 0.2) is 49.1 Å². The molecule has 5 heteroatoms. The monoisotopic (exact) mass is 279 g/mol. The molecule has 3 aromatic rings. The Morgan fingerprint density at radius 2 is 2.00 bits per heavy atom. The summed E-state index contributed by atoms with van der Waals surface area (Å²) >= 11 is 0. The highest BCUT2D eigenvalue weighted by Gasteiger charge is 2.07. The molecule has 2 N–H and O–H groups in total. The van der Waals surface area contributed by atoms with E-state index in [1.807, 2.05) is 36.8 Å². The van der Waals surface area contributed by atoms with E-state index >= 15 is 0 Å². The van der Waals surface area contributed by atoms with Crippen molar-refractivity contribution in [3.05, 3.63) is 65.9 Å². The average molecular weight is 279 g/mol. The van der Waals surface area contributed by atoms with Crippen molar-refractivity contribution in [1.82, 2.24) is 25.5 Å². The van der Waals surface area contributed by atoms with Gasteiger partial charge in [0.2, 0.25) is 0 Å². The molecule has 5 nitrogen and oxygen atoms in total. The number of aromatic nitrogens is 4. The Balaban J connectivity index is 1.67. The number of nitrogens with zero attached hydrogens (tertiary/aromatic N) is 3. The lowest BCUT2D eigenvalue weighted by Crippen LogP contribution is -2.14. The Kier molecular flexibility index (Phi) is 4.02. The highest BCUT2D eigenvalue weighted by Crippen LogP contribution is 2.19. The molecule has 0 spiro atoms. The molecule has 0 saturated carbocycles. The molecule has 0 unspecified atom stereocenters. The number of hydrogen-bond acceptors (Lipinski definition) is 4. The molecule has 0 aliphatic rings. The van der Waals surface area contributed by atoms with E-state index in [1.54, 1.807) is 6.20 Å². The van der Waals surface area contributed by atoms with Crippen LogP contribution in [-0.4, -0.2) is 20.2 Å². The molecular formula is C16H17N5. The highest BCUT2D eigenvalue weighted by atomic mass is 15.1. The van der Waals surface area contributed by atoms with Crippen molar-refractivity contribution in [2.24, 2.45) is 0 Å². The maximum atomic E-state index is 4.38. The fraction of sp³-hybridized carbons (Fsp3) is 0.188. The lowest BCUT2D eigenvalue weighted by molar-refractivity contribution is 0.677. The van der Waals surface area contributed by atoms with Gasteiger partial charge >= 0.3 is 0 Å². The van der Waals surface area contributed by atoms with Crippen molar-refractivity contribution in [2.45, 2.75) is 20.0 Å². The van der Waals surface area contributed by atoms with Crippen LogP contribution in [-0.2, 0) is 13.1 Å². The first-order valence-electron chi connectivity index (χ1n) is 6.88. The Morgan fingerprint density at radius 3 is 2.81 bits per heavy atom. The van der Waals surface area contributed by atoms with Crippen molar-refractivity contribution < 1.29 is 0 Å². The van der Waals surface area contributed by atoms with Gasteiger partial charge in [0.15, 0.2) is 0 Å². The molecule has 0 aromatic carbocycles. The van der Waals surface area contributed by atoms with E-state index in [9.17, 15) is 0 Å². The topological polar surface area (TPSA) is 66.5 Å². The SMILES string of the molecule is Cc1cccnc1CNCc1cn[nH]c1-c1cccnc1. The van der Waals surface area contributed by atoms with Crippen LogP contribution in [0.4, 0.5) is 0 Å². The van der Waals surface area contributed by atoms with Gasteiger partial charge in [-0.2, -0.15) is 5.10 Å². The minimum atomic E-state index is 0.733. The van der Waals surface area contributed by atoms with Crippen molar-refractivity contribution in [1.29, 1.82) is 0 Å². The van der Waals surface area contributed by atoms with E-state index in [4.69, 9.17) is 0 Å². The Labute approximate surface area is 123 Å². The molecular weight excluding hydrogens is 262 g/mol. The number of rotatable bonds is 5. The van der Waals surface area contributed by atoms with Gasteiger partial charge in [0.1, 0.15) is 0 Å². The van der Waals surface area contributed by atoms with Crippen LogP contribution in [0.5, 0.6) is 0 Å². The second-order valence-corrected chi connectivity index (χ2v) is 4.88. The number of pyridine rings is 2. The summed E-state index contributed by atoms with van der Waals surface area (Å²) in [5.41, 5.74) is 5.44. The fourth-order valence-corrected chi connectivity index (χ4v) is 2.22. The molecule has 0 aliphatic carbocycles. The van der Waals surface area contributed by atoms with Gasteiger partial charge < -0.3 is 5.32 Å². The number of aryl methyl sites for hydroxylation is 1. The normalized spacial score (nSPS) is 10.7. The quantitative estimate of drug-likeness (QED) is 0.753. The summed E-state index contributed by atoms with van der Waals surface area (Å²) in [5.74, 6) is 0. The molecule has 3 rings (SSSR count). The van der Waals surface area contributed by atoms with Gasteiger partial charge in [-0.05, 0) is 30.7 Å². The van der Waals surface area contributed by atoms with Gasteiger partial charge in [0.05, 0.1) is 17.6 Å². The summed E-state index contributed by atoms with van der Waals surface area (Å²) < 4.78 is 0. The predicted molar refractivity (Wildman–Crippen MR) is 81.3 cm³/mol. The van der Waals surface area contributed by atoms with Crippen LogP contribution in [0.3, 0.4) is 0 Å². The molecule has 0 atom stereocenters. The third-order valence-corrected chi connectivity index (χ3v) is 3.39. The van der Waals surface area contributed by atoms with Gasteiger partial charge in [0, 0.05) is 42.8 Å². The standard InChI is InChI=1S/C16H17N5/c1-12-4-2-7-19-15(12)11-18-9-14-10-20-21-16(14)13-5-3-6-17-8-13/h2-8,10,18H,9,11H2,1H3,(H,20,21). The first-order chi connectivity index (χ1) is 10.3. The van der Waals surface area contributed by atoms with Gasteiger partial charge in [0.25, 0.3) is 0 Å².